The van der Waals surface area contributed by atoms with Crippen LogP contribution in [0.25, 0.3) is 0 Å². The lowest BCUT2D eigenvalue weighted by Crippen LogP contribution is -2.48. The maximum Gasteiger partial charge on any atom is 0.247 e. The molecular formula is C17H25N7O. The zero-order valence-corrected chi connectivity index (χ0v) is 15.0. The van der Waals surface area contributed by atoms with Crippen molar-refractivity contribution in [1.82, 2.24) is 29.9 Å². The summed E-state index contributed by atoms with van der Waals surface area (Å²) in [7, 11) is 2.04. The third-order valence-electron chi connectivity index (χ3n) is 4.85. The minimum Gasteiger partial charge on any atom is -0.355 e. The van der Waals surface area contributed by atoms with E-state index in [1.165, 1.54) is 6.33 Å². The van der Waals surface area contributed by atoms with Gasteiger partial charge in [-0.05, 0) is 30.9 Å². The summed E-state index contributed by atoms with van der Waals surface area (Å²) in [6, 6.07) is 3.92. The normalized spacial score (nSPS) is 16.9. The van der Waals surface area contributed by atoms with Crippen molar-refractivity contribution in [3.63, 3.8) is 0 Å². The molecule has 0 aliphatic carbocycles. The van der Waals surface area contributed by atoms with E-state index in [-0.39, 0.29) is 17.9 Å². The first kappa shape index (κ1) is 17.3. The molecule has 0 saturated carbocycles. The molecule has 0 spiro atoms. The highest BCUT2D eigenvalue weighted by atomic mass is 16.2. The maximum atomic E-state index is 13.0. The summed E-state index contributed by atoms with van der Waals surface area (Å²) in [6.45, 7) is 5.57. The summed E-state index contributed by atoms with van der Waals surface area (Å²) < 4.78 is 1.67. The van der Waals surface area contributed by atoms with Crippen molar-refractivity contribution < 1.29 is 4.79 Å². The van der Waals surface area contributed by atoms with Gasteiger partial charge in [-0.15, -0.1) is 5.10 Å². The Labute approximate surface area is 147 Å². The van der Waals surface area contributed by atoms with Crippen LogP contribution in [0.2, 0.25) is 0 Å². The first-order valence-corrected chi connectivity index (χ1v) is 8.71. The van der Waals surface area contributed by atoms with E-state index in [4.69, 9.17) is 0 Å². The predicted molar refractivity (Wildman–Crippen MR) is 93.9 cm³/mol. The molecule has 1 atom stereocenters. The third-order valence-corrected chi connectivity index (χ3v) is 4.85. The van der Waals surface area contributed by atoms with E-state index in [0.717, 1.165) is 31.7 Å². The molecule has 3 heterocycles. The minimum absolute atomic E-state index is 0.126. The van der Waals surface area contributed by atoms with Crippen molar-refractivity contribution in [2.24, 2.45) is 5.92 Å². The molecule has 8 heteroatoms. The Morgan fingerprint density at radius 1 is 1.32 bits per heavy atom. The second-order valence-electron chi connectivity index (χ2n) is 6.81. The van der Waals surface area contributed by atoms with E-state index < -0.39 is 0 Å². The molecule has 0 N–H and O–H groups in total. The van der Waals surface area contributed by atoms with Crippen LogP contribution in [0.5, 0.6) is 0 Å². The van der Waals surface area contributed by atoms with Crippen LogP contribution in [0.1, 0.15) is 32.7 Å². The highest BCUT2D eigenvalue weighted by molar-refractivity contribution is 5.80. The Bertz CT molecular complexity index is 666. The number of likely N-dealkylation sites (tertiary alicyclic amines) is 1. The quantitative estimate of drug-likeness (QED) is 0.816. The number of aromatic nitrogens is 5. The fourth-order valence-electron chi connectivity index (χ4n) is 3.39. The standard InChI is InChI=1S/C17H25N7O/c1-13(2)16(24-12-18-11-20-24)17(25)23-9-6-14(7-10-23)22(3)15-5-4-8-19-21-15/h4-5,8,11-14,16H,6-7,9-10H2,1-3H3/t16-/m0/s1. The Kier molecular flexibility index (Phi) is 5.25. The van der Waals surface area contributed by atoms with Crippen LogP contribution in [0.3, 0.4) is 0 Å². The number of piperidine rings is 1. The lowest BCUT2D eigenvalue weighted by molar-refractivity contribution is -0.137. The van der Waals surface area contributed by atoms with Crippen molar-refractivity contribution in [2.75, 3.05) is 25.0 Å². The number of hydrogen-bond acceptors (Lipinski definition) is 6. The fraction of sp³-hybridized carbons (Fsp3) is 0.588. The van der Waals surface area contributed by atoms with Gasteiger partial charge in [-0.3, -0.25) is 4.79 Å². The highest BCUT2D eigenvalue weighted by Crippen LogP contribution is 2.24. The monoisotopic (exact) mass is 343 g/mol. The van der Waals surface area contributed by atoms with E-state index >= 15 is 0 Å². The topological polar surface area (TPSA) is 80.0 Å². The smallest absolute Gasteiger partial charge is 0.247 e. The van der Waals surface area contributed by atoms with Crippen LogP contribution < -0.4 is 4.90 Å². The van der Waals surface area contributed by atoms with Crippen molar-refractivity contribution in [3.05, 3.63) is 31.0 Å². The molecule has 25 heavy (non-hydrogen) atoms. The number of carbonyl (C=O) groups is 1. The fourth-order valence-corrected chi connectivity index (χ4v) is 3.39. The molecule has 0 unspecified atom stereocenters. The van der Waals surface area contributed by atoms with Gasteiger partial charge in [0.15, 0.2) is 5.82 Å². The molecule has 2 aromatic rings. The predicted octanol–water partition coefficient (Wildman–Crippen LogP) is 1.39. The average Bonchev–Trinajstić information content (AvgIpc) is 3.16. The Balaban J connectivity index is 1.62. The van der Waals surface area contributed by atoms with Crippen LogP contribution in [0.4, 0.5) is 5.82 Å². The molecule has 8 nitrogen and oxygen atoms in total. The van der Waals surface area contributed by atoms with Crippen molar-refractivity contribution in [3.8, 4) is 0 Å². The summed E-state index contributed by atoms with van der Waals surface area (Å²) in [5.41, 5.74) is 0. The van der Waals surface area contributed by atoms with Gasteiger partial charge in [0, 0.05) is 32.4 Å². The van der Waals surface area contributed by atoms with E-state index in [9.17, 15) is 4.79 Å². The molecule has 1 amide bonds. The van der Waals surface area contributed by atoms with Gasteiger partial charge in [-0.25, -0.2) is 9.67 Å². The van der Waals surface area contributed by atoms with Gasteiger partial charge in [0.1, 0.15) is 18.7 Å². The van der Waals surface area contributed by atoms with Crippen molar-refractivity contribution >= 4 is 11.7 Å². The van der Waals surface area contributed by atoms with E-state index in [2.05, 4.69) is 25.2 Å². The molecule has 1 aliphatic heterocycles. The van der Waals surface area contributed by atoms with Gasteiger partial charge >= 0.3 is 0 Å². The molecule has 0 bridgehead atoms. The molecule has 1 aliphatic rings. The number of anilines is 1. The maximum absolute atomic E-state index is 13.0. The van der Waals surface area contributed by atoms with Gasteiger partial charge in [-0.1, -0.05) is 13.8 Å². The van der Waals surface area contributed by atoms with Crippen molar-refractivity contribution in [2.45, 2.75) is 38.8 Å². The average molecular weight is 343 g/mol. The summed E-state index contributed by atoms with van der Waals surface area (Å²) >= 11 is 0. The summed E-state index contributed by atoms with van der Waals surface area (Å²) in [5, 5.41) is 12.3. The van der Waals surface area contributed by atoms with Gasteiger partial charge in [-0.2, -0.15) is 10.2 Å². The van der Waals surface area contributed by atoms with Crippen molar-refractivity contribution in [1.29, 1.82) is 0 Å². The number of amides is 1. The number of rotatable bonds is 5. The van der Waals surface area contributed by atoms with E-state index in [1.807, 2.05) is 37.9 Å². The molecule has 0 radical (unpaired) electrons. The summed E-state index contributed by atoms with van der Waals surface area (Å²) in [5.74, 6) is 1.16. The zero-order chi connectivity index (χ0) is 17.8. The lowest BCUT2D eigenvalue weighted by atomic mass is 9.99. The van der Waals surface area contributed by atoms with E-state index in [0.29, 0.717) is 6.04 Å². The largest absolute Gasteiger partial charge is 0.355 e. The summed E-state index contributed by atoms with van der Waals surface area (Å²) in [6.07, 6.45) is 6.61. The Morgan fingerprint density at radius 2 is 2.08 bits per heavy atom. The molecular weight excluding hydrogens is 318 g/mol. The molecule has 1 saturated heterocycles. The highest BCUT2D eigenvalue weighted by Gasteiger charge is 2.32. The third kappa shape index (κ3) is 3.78. The van der Waals surface area contributed by atoms with Gasteiger partial charge < -0.3 is 9.80 Å². The van der Waals surface area contributed by atoms with Crippen LogP contribution in [-0.2, 0) is 4.79 Å². The number of carbonyl (C=O) groups excluding carboxylic acids is 1. The summed E-state index contributed by atoms with van der Waals surface area (Å²) in [4.78, 5) is 21.1. The van der Waals surface area contributed by atoms with Gasteiger partial charge in [0.25, 0.3) is 0 Å². The Hall–Kier alpha value is -2.51. The Morgan fingerprint density at radius 3 is 2.64 bits per heavy atom. The van der Waals surface area contributed by atoms with Crippen LogP contribution in [0.15, 0.2) is 31.0 Å². The lowest BCUT2D eigenvalue weighted by Gasteiger charge is -2.38. The molecule has 134 valence electrons. The first-order chi connectivity index (χ1) is 12.1. The molecule has 2 aromatic heterocycles. The molecule has 0 aromatic carbocycles. The molecule has 3 rings (SSSR count). The second kappa shape index (κ2) is 7.58. The zero-order valence-electron chi connectivity index (χ0n) is 15.0. The van der Waals surface area contributed by atoms with Crippen LogP contribution >= 0.6 is 0 Å². The van der Waals surface area contributed by atoms with Gasteiger partial charge in [0.05, 0.1) is 0 Å². The van der Waals surface area contributed by atoms with Gasteiger partial charge in [0.2, 0.25) is 5.91 Å². The first-order valence-electron chi connectivity index (χ1n) is 8.71. The second-order valence-corrected chi connectivity index (χ2v) is 6.81. The molecule has 1 fully saturated rings. The van der Waals surface area contributed by atoms with Crippen LogP contribution in [-0.4, -0.2) is 61.9 Å². The number of nitrogens with zero attached hydrogens (tertiary/aromatic N) is 7. The minimum atomic E-state index is -0.295. The SMILES string of the molecule is CC(C)[C@@H](C(=O)N1CCC(N(C)c2cccnn2)CC1)n1cncn1. The number of hydrogen-bond donors (Lipinski definition) is 0. The van der Waals surface area contributed by atoms with E-state index in [1.54, 1.807) is 17.2 Å². The van der Waals surface area contributed by atoms with Crippen LogP contribution in [0, 0.1) is 5.92 Å².